The summed E-state index contributed by atoms with van der Waals surface area (Å²) in [5.74, 6) is 0. The second-order valence-corrected chi connectivity index (χ2v) is 14.2. The van der Waals surface area contributed by atoms with Crippen LogP contribution in [0.5, 0.6) is 0 Å². The topological polar surface area (TPSA) is 16.4 Å². The van der Waals surface area contributed by atoms with Crippen LogP contribution in [0.2, 0.25) is 0 Å². The summed E-state index contributed by atoms with van der Waals surface area (Å²) in [6, 6.07) is 57.4. The van der Waals surface area contributed by atoms with E-state index in [0.717, 1.165) is 39.0 Å². The Kier molecular flexibility index (Phi) is 5.79. The molecule has 2 heteroatoms. The number of rotatable bonds is 4. The fraction of sp³-hybridized carbons (Fsp3) is 0.106. The number of nitrogens with zero attached hydrogens (tertiary/aromatic N) is 1. The Morgan fingerprint density at radius 2 is 0.939 bits per heavy atom. The molecule has 2 aliphatic carbocycles. The average molecular weight is 630 g/mol. The van der Waals surface area contributed by atoms with E-state index < -0.39 is 0 Å². The third-order valence-electron chi connectivity index (χ3n) is 11.3. The SMILES string of the molecule is CC1(C)c2ccccc2-c2ccc(N(c3ccccc3)c3cccc4c3oc3c(C5(C)c6ccccc6-c6ccccc65)cccc34)cc21. The molecule has 0 spiro atoms. The fourth-order valence-electron chi connectivity index (χ4n) is 8.95. The highest BCUT2D eigenvalue weighted by molar-refractivity contribution is 6.11. The van der Waals surface area contributed by atoms with Crippen molar-refractivity contribution in [2.75, 3.05) is 4.90 Å². The first-order chi connectivity index (χ1) is 24.0. The molecule has 0 fully saturated rings. The minimum absolute atomic E-state index is 0.103. The summed E-state index contributed by atoms with van der Waals surface area (Å²) < 4.78 is 7.19. The van der Waals surface area contributed by atoms with E-state index in [-0.39, 0.29) is 10.8 Å². The van der Waals surface area contributed by atoms with Gasteiger partial charge in [0.25, 0.3) is 0 Å². The van der Waals surface area contributed by atoms with Crippen LogP contribution in [-0.4, -0.2) is 0 Å². The van der Waals surface area contributed by atoms with Gasteiger partial charge in [0.2, 0.25) is 0 Å². The van der Waals surface area contributed by atoms with Crippen molar-refractivity contribution in [3.8, 4) is 22.3 Å². The molecule has 0 unspecified atom stereocenters. The standard InChI is InChI=1S/C47H35NO/c1-46(2)38-22-10-7-17-32(38)35-28-27-31(29-42(35)46)48(30-15-5-4-6-16-30)43-26-14-21-37-36-20-13-25-41(44(36)49-45(37)43)47(3)39-23-11-8-18-33(39)34-19-9-12-24-40(34)47/h4-29H,1-3H3. The minimum Gasteiger partial charge on any atom is -0.454 e. The Morgan fingerprint density at radius 1 is 0.408 bits per heavy atom. The molecule has 234 valence electrons. The largest absolute Gasteiger partial charge is 0.454 e. The highest BCUT2D eigenvalue weighted by Crippen LogP contribution is 2.55. The maximum absolute atomic E-state index is 7.19. The molecular formula is C47H35NO. The Bertz CT molecular complexity index is 2560. The molecule has 2 nitrogen and oxygen atoms in total. The highest BCUT2D eigenvalue weighted by Gasteiger charge is 2.42. The number of para-hydroxylation sites is 3. The van der Waals surface area contributed by atoms with Gasteiger partial charge in [-0.2, -0.15) is 0 Å². The van der Waals surface area contributed by atoms with Crippen molar-refractivity contribution in [2.45, 2.75) is 31.6 Å². The lowest BCUT2D eigenvalue weighted by atomic mass is 9.74. The van der Waals surface area contributed by atoms with Crippen LogP contribution in [0.25, 0.3) is 44.2 Å². The van der Waals surface area contributed by atoms with Crippen molar-refractivity contribution < 1.29 is 4.42 Å². The zero-order chi connectivity index (χ0) is 32.9. The van der Waals surface area contributed by atoms with Crippen LogP contribution in [0.1, 0.15) is 48.6 Å². The van der Waals surface area contributed by atoms with Gasteiger partial charge in [-0.05, 0) is 81.8 Å². The molecule has 0 saturated carbocycles. The van der Waals surface area contributed by atoms with Gasteiger partial charge in [-0.3, -0.25) is 0 Å². The van der Waals surface area contributed by atoms with Crippen LogP contribution in [0.15, 0.2) is 162 Å². The summed E-state index contributed by atoms with van der Waals surface area (Å²) in [6.07, 6.45) is 0. The van der Waals surface area contributed by atoms with E-state index in [4.69, 9.17) is 4.42 Å². The number of fused-ring (bicyclic) bond motifs is 9. The minimum atomic E-state index is -0.361. The van der Waals surface area contributed by atoms with Gasteiger partial charge < -0.3 is 9.32 Å². The molecule has 0 bridgehead atoms. The van der Waals surface area contributed by atoms with Crippen LogP contribution in [0, 0.1) is 0 Å². The lowest BCUT2D eigenvalue weighted by Crippen LogP contribution is -2.22. The zero-order valence-electron chi connectivity index (χ0n) is 27.9. The van der Waals surface area contributed by atoms with Crippen LogP contribution < -0.4 is 4.90 Å². The summed E-state index contributed by atoms with van der Waals surface area (Å²) in [5, 5.41) is 2.25. The van der Waals surface area contributed by atoms with E-state index in [9.17, 15) is 0 Å². The number of furan rings is 1. The second-order valence-electron chi connectivity index (χ2n) is 14.2. The Morgan fingerprint density at radius 3 is 1.63 bits per heavy atom. The smallest absolute Gasteiger partial charge is 0.159 e. The molecule has 0 amide bonds. The van der Waals surface area contributed by atoms with Gasteiger partial charge in [-0.1, -0.05) is 141 Å². The molecule has 0 radical (unpaired) electrons. The normalized spacial score (nSPS) is 14.8. The zero-order valence-corrected chi connectivity index (χ0v) is 27.9. The molecule has 1 heterocycles. The fourth-order valence-corrected chi connectivity index (χ4v) is 8.95. The van der Waals surface area contributed by atoms with Gasteiger partial charge >= 0.3 is 0 Å². The third kappa shape index (κ3) is 3.77. The highest BCUT2D eigenvalue weighted by atomic mass is 16.3. The van der Waals surface area contributed by atoms with Gasteiger partial charge in [0.05, 0.1) is 5.69 Å². The van der Waals surface area contributed by atoms with Crippen molar-refractivity contribution >= 4 is 39.0 Å². The maximum atomic E-state index is 7.19. The van der Waals surface area contributed by atoms with E-state index in [0.29, 0.717) is 0 Å². The summed E-state index contributed by atoms with van der Waals surface area (Å²) in [7, 11) is 0. The monoisotopic (exact) mass is 629 g/mol. The molecule has 0 atom stereocenters. The predicted molar refractivity (Wildman–Crippen MR) is 203 cm³/mol. The van der Waals surface area contributed by atoms with Crippen molar-refractivity contribution in [1.82, 2.24) is 0 Å². The lowest BCUT2D eigenvalue weighted by Gasteiger charge is -2.28. The molecule has 0 aliphatic heterocycles. The number of anilines is 3. The summed E-state index contributed by atoms with van der Waals surface area (Å²) in [5.41, 5.74) is 16.4. The van der Waals surface area contributed by atoms with E-state index in [1.165, 1.54) is 50.1 Å². The second kappa shape index (κ2) is 10.1. The van der Waals surface area contributed by atoms with Gasteiger partial charge in [-0.15, -0.1) is 0 Å². The predicted octanol–water partition coefficient (Wildman–Crippen LogP) is 12.7. The molecule has 10 rings (SSSR count). The van der Waals surface area contributed by atoms with Gasteiger partial charge in [0.1, 0.15) is 5.58 Å². The van der Waals surface area contributed by atoms with E-state index in [1.54, 1.807) is 0 Å². The lowest BCUT2D eigenvalue weighted by molar-refractivity contribution is 0.638. The number of benzene rings is 7. The van der Waals surface area contributed by atoms with Crippen LogP contribution in [-0.2, 0) is 10.8 Å². The van der Waals surface area contributed by atoms with Crippen molar-refractivity contribution in [3.05, 3.63) is 186 Å². The van der Waals surface area contributed by atoms with Crippen LogP contribution in [0.3, 0.4) is 0 Å². The molecule has 0 saturated heterocycles. The molecular weight excluding hydrogens is 595 g/mol. The summed E-state index contributed by atoms with van der Waals surface area (Å²) >= 11 is 0. The average Bonchev–Trinajstić information content (AvgIpc) is 3.74. The number of hydrogen-bond acceptors (Lipinski definition) is 2. The van der Waals surface area contributed by atoms with Gasteiger partial charge in [-0.25, -0.2) is 0 Å². The molecule has 0 N–H and O–H groups in total. The van der Waals surface area contributed by atoms with E-state index >= 15 is 0 Å². The maximum Gasteiger partial charge on any atom is 0.159 e. The molecule has 7 aromatic carbocycles. The molecule has 49 heavy (non-hydrogen) atoms. The van der Waals surface area contributed by atoms with Gasteiger partial charge in [0, 0.05) is 38.5 Å². The van der Waals surface area contributed by atoms with Crippen molar-refractivity contribution in [1.29, 1.82) is 0 Å². The third-order valence-corrected chi connectivity index (χ3v) is 11.3. The quantitative estimate of drug-likeness (QED) is 0.193. The van der Waals surface area contributed by atoms with E-state index in [2.05, 4.69) is 183 Å². The summed E-state index contributed by atoms with van der Waals surface area (Å²) in [6.45, 7) is 7.05. The first-order valence-electron chi connectivity index (χ1n) is 17.2. The Hall–Kier alpha value is -5.86. The Balaban J connectivity index is 1.21. The summed E-state index contributed by atoms with van der Waals surface area (Å²) in [4.78, 5) is 2.37. The number of hydrogen-bond donors (Lipinski definition) is 0. The van der Waals surface area contributed by atoms with Gasteiger partial charge in [0.15, 0.2) is 5.58 Å². The first kappa shape index (κ1) is 28.2. The van der Waals surface area contributed by atoms with Crippen molar-refractivity contribution in [3.63, 3.8) is 0 Å². The molecule has 8 aromatic rings. The van der Waals surface area contributed by atoms with Crippen molar-refractivity contribution in [2.24, 2.45) is 0 Å². The van der Waals surface area contributed by atoms with Crippen LogP contribution in [0.4, 0.5) is 17.1 Å². The Labute approximate surface area is 286 Å². The first-order valence-corrected chi connectivity index (χ1v) is 17.2. The molecule has 1 aromatic heterocycles. The van der Waals surface area contributed by atoms with E-state index in [1.807, 2.05) is 0 Å². The van der Waals surface area contributed by atoms with Crippen LogP contribution >= 0.6 is 0 Å². The molecule has 2 aliphatic rings.